The highest BCUT2D eigenvalue weighted by atomic mass is 79.9. The summed E-state index contributed by atoms with van der Waals surface area (Å²) in [5.74, 6) is 1.72. The van der Waals surface area contributed by atoms with Crippen molar-refractivity contribution in [2.24, 2.45) is 0 Å². The van der Waals surface area contributed by atoms with Crippen LogP contribution in [0.15, 0.2) is 40.9 Å². The SMILES string of the molecule is COc1cc(CO)ccc1Oc1ccc([C@H](C)O)cc1Br. The molecule has 2 rings (SSSR count). The maximum atomic E-state index is 9.56. The molecule has 5 heteroatoms. The topological polar surface area (TPSA) is 58.9 Å². The van der Waals surface area contributed by atoms with Crippen LogP contribution in [-0.4, -0.2) is 17.3 Å². The van der Waals surface area contributed by atoms with Gasteiger partial charge in [-0.05, 0) is 58.2 Å². The van der Waals surface area contributed by atoms with Crippen LogP contribution < -0.4 is 9.47 Å². The Hall–Kier alpha value is -1.56. The first kappa shape index (κ1) is 15.8. The van der Waals surface area contributed by atoms with Crippen molar-refractivity contribution in [2.45, 2.75) is 19.6 Å². The third-order valence-corrected chi connectivity index (χ3v) is 3.69. The maximum absolute atomic E-state index is 9.56. The molecule has 0 bridgehead atoms. The van der Waals surface area contributed by atoms with E-state index < -0.39 is 6.10 Å². The van der Waals surface area contributed by atoms with Gasteiger partial charge in [0.2, 0.25) is 0 Å². The van der Waals surface area contributed by atoms with Gasteiger partial charge in [0.1, 0.15) is 5.75 Å². The molecule has 1 atom stereocenters. The smallest absolute Gasteiger partial charge is 0.169 e. The van der Waals surface area contributed by atoms with E-state index in [-0.39, 0.29) is 6.61 Å². The number of halogens is 1. The molecule has 0 spiro atoms. The van der Waals surface area contributed by atoms with E-state index in [4.69, 9.17) is 14.6 Å². The second kappa shape index (κ2) is 6.93. The zero-order valence-electron chi connectivity index (χ0n) is 11.8. The van der Waals surface area contributed by atoms with Gasteiger partial charge in [-0.25, -0.2) is 0 Å². The summed E-state index contributed by atoms with van der Waals surface area (Å²) in [5, 5.41) is 18.7. The van der Waals surface area contributed by atoms with E-state index in [1.165, 1.54) is 0 Å². The van der Waals surface area contributed by atoms with Crippen LogP contribution in [0.3, 0.4) is 0 Å². The Morgan fingerprint density at radius 3 is 2.38 bits per heavy atom. The van der Waals surface area contributed by atoms with Gasteiger partial charge in [-0.3, -0.25) is 0 Å². The highest BCUT2D eigenvalue weighted by Gasteiger charge is 2.11. The van der Waals surface area contributed by atoms with Crippen molar-refractivity contribution in [1.82, 2.24) is 0 Å². The van der Waals surface area contributed by atoms with E-state index in [0.717, 1.165) is 15.6 Å². The van der Waals surface area contributed by atoms with E-state index >= 15 is 0 Å². The summed E-state index contributed by atoms with van der Waals surface area (Å²) in [6, 6.07) is 10.7. The number of hydrogen-bond donors (Lipinski definition) is 2. The molecule has 112 valence electrons. The standard InChI is InChI=1S/C16H17BrO4/c1-10(19)12-4-6-14(13(17)8-12)21-15-5-3-11(9-18)7-16(15)20-2/h3-8,10,18-19H,9H2,1-2H3/t10-/m0/s1. The van der Waals surface area contributed by atoms with Gasteiger partial charge in [0.25, 0.3) is 0 Å². The first-order chi connectivity index (χ1) is 10.0. The van der Waals surface area contributed by atoms with Crippen molar-refractivity contribution in [2.75, 3.05) is 7.11 Å². The zero-order valence-corrected chi connectivity index (χ0v) is 13.4. The van der Waals surface area contributed by atoms with Crippen LogP contribution in [0.5, 0.6) is 17.2 Å². The summed E-state index contributed by atoms with van der Waals surface area (Å²) < 4.78 is 11.8. The summed E-state index contributed by atoms with van der Waals surface area (Å²) in [7, 11) is 1.55. The molecular weight excluding hydrogens is 336 g/mol. The number of rotatable bonds is 5. The largest absolute Gasteiger partial charge is 0.493 e. The minimum Gasteiger partial charge on any atom is -0.493 e. The van der Waals surface area contributed by atoms with E-state index in [1.54, 1.807) is 44.4 Å². The molecule has 0 fully saturated rings. The summed E-state index contributed by atoms with van der Waals surface area (Å²) in [6.07, 6.45) is -0.534. The highest BCUT2D eigenvalue weighted by Crippen LogP contribution is 2.36. The van der Waals surface area contributed by atoms with Gasteiger partial charge in [0, 0.05) is 0 Å². The number of hydrogen-bond acceptors (Lipinski definition) is 4. The van der Waals surface area contributed by atoms with Gasteiger partial charge < -0.3 is 19.7 Å². The molecule has 0 amide bonds. The quantitative estimate of drug-likeness (QED) is 0.859. The molecule has 4 nitrogen and oxygen atoms in total. The fraction of sp³-hybridized carbons (Fsp3) is 0.250. The van der Waals surface area contributed by atoms with Gasteiger partial charge in [-0.1, -0.05) is 12.1 Å². The Labute approximate surface area is 132 Å². The van der Waals surface area contributed by atoms with Gasteiger partial charge in [0.05, 0.1) is 24.3 Å². The fourth-order valence-electron chi connectivity index (χ4n) is 1.87. The second-order valence-electron chi connectivity index (χ2n) is 4.61. The molecule has 0 aliphatic carbocycles. The van der Waals surface area contributed by atoms with Crippen LogP contribution in [0.2, 0.25) is 0 Å². The van der Waals surface area contributed by atoms with Crippen molar-refractivity contribution < 1.29 is 19.7 Å². The summed E-state index contributed by atoms with van der Waals surface area (Å²) in [6.45, 7) is 1.66. The molecular formula is C16H17BrO4. The molecule has 2 aromatic rings. The number of methoxy groups -OCH3 is 1. The van der Waals surface area contributed by atoms with Crippen molar-refractivity contribution in [3.63, 3.8) is 0 Å². The predicted molar refractivity (Wildman–Crippen MR) is 83.8 cm³/mol. The lowest BCUT2D eigenvalue weighted by molar-refractivity contribution is 0.199. The Balaban J connectivity index is 2.29. The normalized spacial score (nSPS) is 12.0. The lowest BCUT2D eigenvalue weighted by Crippen LogP contribution is -1.95. The molecule has 2 aromatic carbocycles. The monoisotopic (exact) mass is 352 g/mol. The van der Waals surface area contributed by atoms with Gasteiger partial charge in [-0.2, -0.15) is 0 Å². The number of benzene rings is 2. The van der Waals surface area contributed by atoms with Crippen LogP contribution in [0.4, 0.5) is 0 Å². The molecule has 0 radical (unpaired) electrons. The lowest BCUT2D eigenvalue weighted by Gasteiger charge is -2.14. The fourth-order valence-corrected chi connectivity index (χ4v) is 2.35. The lowest BCUT2D eigenvalue weighted by atomic mass is 10.1. The number of ether oxygens (including phenoxy) is 2. The molecule has 0 saturated heterocycles. The highest BCUT2D eigenvalue weighted by molar-refractivity contribution is 9.10. The molecule has 0 heterocycles. The van der Waals surface area contributed by atoms with Crippen molar-refractivity contribution in [3.05, 3.63) is 52.0 Å². The minimum absolute atomic E-state index is 0.0522. The van der Waals surface area contributed by atoms with Crippen molar-refractivity contribution in [3.8, 4) is 17.2 Å². The summed E-state index contributed by atoms with van der Waals surface area (Å²) in [5.41, 5.74) is 1.56. The average molecular weight is 353 g/mol. The van der Waals surface area contributed by atoms with Crippen molar-refractivity contribution in [1.29, 1.82) is 0 Å². The molecule has 0 aliphatic rings. The predicted octanol–water partition coefficient (Wildman–Crippen LogP) is 3.80. The van der Waals surface area contributed by atoms with Gasteiger partial charge in [-0.15, -0.1) is 0 Å². The molecule has 21 heavy (non-hydrogen) atoms. The van der Waals surface area contributed by atoms with E-state index in [2.05, 4.69) is 15.9 Å². The minimum atomic E-state index is -0.534. The van der Waals surface area contributed by atoms with E-state index in [9.17, 15) is 5.11 Å². The molecule has 0 unspecified atom stereocenters. The van der Waals surface area contributed by atoms with Crippen molar-refractivity contribution >= 4 is 15.9 Å². The first-order valence-electron chi connectivity index (χ1n) is 6.48. The molecule has 0 aliphatic heterocycles. The Kier molecular flexibility index (Phi) is 5.22. The van der Waals surface area contributed by atoms with Crippen LogP contribution >= 0.6 is 15.9 Å². The maximum Gasteiger partial charge on any atom is 0.169 e. The van der Waals surface area contributed by atoms with Crippen LogP contribution in [0, 0.1) is 0 Å². The van der Waals surface area contributed by atoms with Gasteiger partial charge >= 0.3 is 0 Å². The van der Waals surface area contributed by atoms with E-state index in [0.29, 0.717) is 17.2 Å². The summed E-state index contributed by atoms with van der Waals surface area (Å²) >= 11 is 3.43. The third-order valence-electron chi connectivity index (χ3n) is 3.07. The average Bonchev–Trinajstić information content (AvgIpc) is 2.49. The zero-order chi connectivity index (χ0) is 15.4. The second-order valence-corrected chi connectivity index (χ2v) is 5.47. The van der Waals surface area contributed by atoms with Crippen LogP contribution in [0.25, 0.3) is 0 Å². The van der Waals surface area contributed by atoms with Crippen LogP contribution in [0.1, 0.15) is 24.2 Å². The molecule has 0 saturated carbocycles. The van der Waals surface area contributed by atoms with Gasteiger partial charge in [0.15, 0.2) is 11.5 Å². The van der Waals surface area contributed by atoms with Crippen LogP contribution in [-0.2, 0) is 6.61 Å². The summed E-state index contributed by atoms with van der Waals surface area (Å²) in [4.78, 5) is 0. The number of aliphatic hydroxyl groups excluding tert-OH is 2. The Morgan fingerprint density at radius 1 is 1.10 bits per heavy atom. The van der Waals surface area contributed by atoms with E-state index in [1.807, 2.05) is 6.07 Å². The number of aliphatic hydroxyl groups is 2. The Bertz CT molecular complexity index is 626. The third kappa shape index (κ3) is 3.75. The Morgan fingerprint density at radius 2 is 1.81 bits per heavy atom. The first-order valence-corrected chi connectivity index (χ1v) is 7.27. The molecule has 0 aromatic heterocycles. The molecule has 2 N–H and O–H groups in total.